The van der Waals surface area contributed by atoms with Gasteiger partial charge in [0.05, 0.1) is 18.2 Å². The van der Waals surface area contributed by atoms with E-state index in [2.05, 4.69) is 15.8 Å². The number of rotatable bonds is 5. The summed E-state index contributed by atoms with van der Waals surface area (Å²) in [6.07, 6.45) is 1.30. The molecule has 0 amide bonds. The van der Waals surface area contributed by atoms with E-state index < -0.39 is 16.4 Å². The van der Waals surface area contributed by atoms with E-state index in [4.69, 9.17) is 17.0 Å². The molecule has 108 valence electrons. The zero-order chi connectivity index (χ0) is 15.1. The lowest BCUT2D eigenvalue weighted by molar-refractivity contribution is -0.398. The lowest BCUT2D eigenvalue weighted by Crippen LogP contribution is -2.31. The summed E-state index contributed by atoms with van der Waals surface area (Å²) in [5.74, 6) is -0.888. The van der Waals surface area contributed by atoms with Crippen LogP contribution in [-0.4, -0.2) is 29.9 Å². The molecular weight excluding hydrogens is 284 g/mol. The van der Waals surface area contributed by atoms with Crippen LogP contribution in [0.2, 0.25) is 0 Å². The van der Waals surface area contributed by atoms with E-state index in [9.17, 15) is 15.2 Å². The van der Waals surface area contributed by atoms with Crippen molar-refractivity contribution < 1.29 is 14.8 Å². The highest BCUT2D eigenvalue weighted by atomic mass is 32.1. The van der Waals surface area contributed by atoms with Gasteiger partial charge < -0.3 is 15.2 Å². The molecule has 0 saturated carbocycles. The van der Waals surface area contributed by atoms with Gasteiger partial charge in [-0.1, -0.05) is 0 Å². The number of hydrogen-bond acceptors (Lipinski definition) is 6. The molecule has 0 aliphatic heterocycles. The van der Waals surface area contributed by atoms with Gasteiger partial charge in [0.15, 0.2) is 5.11 Å². The number of nitrogens with one attached hydrogen (secondary N) is 2. The lowest BCUT2D eigenvalue weighted by Gasteiger charge is -2.13. The van der Waals surface area contributed by atoms with Crippen LogP contribution in [0, 0.1) is 10.1 Å². The average molecular weight is 297 g/mol. The Morgan fingerprint density at radius 1 is 1.60 bits per heavy atom. The SMILES string of the molecule is CCNC(=S)N/N=C\c1cc(OC)c([O-])c([N+](=O)[O-])c1. The second-order valence-electron chi connectivity index (χ2n) is 3.56. The van der Waals surface area contributed by atoms with Crippen molar-refractivity contribution >= 4 is 29.2 Å². The summed E-state index contributed by atoms with van der Waals surface area (Å²) in [4.78, 5) is 10.0. The quantitative estimate of drug-likeness (QED) is 0.352. The molecule has 0 saturated heterocycles. The molecule has 1 rings (SSSR count). The first-order valence-corrected chi connectivity index (χ1v) is 6.00. The van der Waals surface area contributed by atoms with Gasteiger partial charge in [-0.2, -0.15) is 5.10 Å². The molecule has 0 aliphatic carbocycles. The Labute approximate surface area is 120 Å². The van der Waals surface area contributed by atoms with Gasteiger partial charge in [-0.25, -0.2) is 0 Å². The molecule has 2 N–H and O–H groups in total. The second kappa shape index (κ2) is 7.24. The molecule has 0 fully saturated rings. The fourth-order valence-corrected chi connectivity index (χ4v) is 1.53. The van der Waals surface area contributed by atoms with Crippen LogP contribution in [0.4, 0.5) is 5.69 Å². The van der Waals surface area contributed by atoms with Crippen molar-refractivity contribution in [3.8, 4) is 11.5 Å². The molecule has 9 heteroatoms. The third-order valence-electron chi connectivity index (χ3n) is 2.19. The fraction of sp³-hybridized carbons (Fsp3) is 0.273. The Kier molecular flexibility index (Phi) is 5.66. The highest BCUT2D eigenvalue weighted by molar-refractivity contribution is 7.80. The van der Waals surface area contributed by atoms with Crippen LogP contribution < -0.4 is 20.6 Å². The Balaban J connectivity index is 2.95. The van der Waals surface area contributed by atoms with Crippen LogP contribution in [0.5, 0.6) is 11.5 Å². The van der Waals surface area contributed by atoms with Crippen molar-refractivity contribution in [2.75, 3.05) is 13.7 Å². The molecule has 0 atom stereocenters. The van der Waals surface area contributed by atoms with Gasteiger partial charge in [0.25, 0.3) is 5.69 Å². The van der Waals surface area contributed by atoms with Gasteiger partial charge >= 0.3 is 0 Å². The van der Waals surface area contributed by atoms with E-state index >= 15 is 0 Å². The molecule has 0 heterocycles. The summed E-state index contributed by atoms with van der Waals surface area (Å²) in [7, 11) is 1.26. The van der Waals surface area contributed by atoms with Crippen molar-refractivity contribution in [1.29, 1.82) is 0 Å². The summed E-state index contributed by atoms with van der Waals surface area (Å²) in [5.41, 5.74) is 2.31. The normalized spacial score (nSPS) is 10.3. The van der Waals surface area contributed by atoms with E-state index in [1.807, 2.05) is 6.92 Å². The zero-order valence-corrected chi connectivity index (χ0v) is 11.7. The number of hydrazone groups is 1. The maximum Gasteiger partial charge on any atom is 0.266 e. The topological polar surface area (TPSA) is 112 Å². The fourth-order valence-electron chi connectivity index (χ4n) is 1.34. The van der Waals surface area contributed by atoms with Crippen LogP contribution in [-0.2, 0) is 0 Å². The summed E-state index contributed by atoms with van der Waals surface area (Å²) in [6, 6.07) is 2.48. The number of nitro groups is 1. The third-order valence-corrected chi connectivity index (χ3v) is 2.43. The molecule has 20 heavy (non-hydrogen) atoms. The number of nitrogens with zero attached hydrogens (tertiary/aromatic N) is 2. The molecule has 0 bridgehead atoms. The van der Waals surface area contributed by atoms with Crippen molar-refractivity contribution in [3.63, 3.8) is 0 Å². The minimum Gasteiger partial charge on any atom is -0.865 e. The number of benzene rings is 1. The van der Waals surface area contributed by atoms with Crippen LogP contribution in [0.25, 0.3) is 0 Å². The van der Waals surface area contributed by atoms with Crippen molar-refractivity contribution in [3.05, 3.63) is 27.8 Å². The summed E-state index contributed by atoms with van der Waals surface area (Å²) in [5, 5.41) is 29.3. The number of thiocarbonyl (C=S) groups is 1. The number of nitro benzene ring substituents is 1. The monoisotopic (exact) mass is 297 g/mol. The number of methoxy groups -OCH3 is 1. The van der Waals surface area contributed by atoms with Gasteiger partial charge in [-0.05, 0) is 25.2 Å². The summed E-state index contributed by atoms with van der Waals surface area (Å²) in [6.45, 7) is 2.52. The Morgan fingerprint density at radius 2 is 2.30 bits per heavy atom. The van der Waals surface area contributed by atoms with E-state index in [1.165, 1.54) is 19.4 Å². The number of hydrogen-bond donors (Lipinski definition) is 2. The standard InChI is InChI=1S/C11H14N4O4S/c1-3-12-11(20)14-13-6-7-4-8(15(17)18)10(16)9(5-7)19-2/h4-6,16H,3H2,1-2H3,(H2,12,14,20)/p-1/b13-6-. The highest BCUT2D eigenvalue weighted by Crippen LogP contribution is 2.33. The Morgan fingerprint density at radius 3 is 2.85 bits per heavy atom. The number of ether oxygens (including phenoxy) is 1. The smallest absolute Gasteiger partial charge is 0.266 e. The van der Waals surface area contributed by atoms with Crippen LogP contribution in [0.3, 0.4) is 0 Å². The average Bonchev–Trinajstić information content (AvgIpc) is 2.40. The van der Waals surface area contributed by atoms with Crippen molar-refractivity contribution in [1.82, 2.24) is 10.7 Å². The highest BCUT2D eigenvalue weighted by Gasteiger charge is 2.12. The van der Waals surface area contributed by atoms with Crippen molar-refractivity contribution in [2.45, 2.75) is 6.92 Å². The molecule has 0 spiro atoms. The van der Waals surface area contributed by atoms with Crippen LogP contribution in [0.15, 0.2) is 17.2 Å². The van der Waals surface area contributed by atoms with Gasteiger partial charge in [-0.15, -0.1) is 0 Å². The van der Waals surface area contributed by atoms with E-state index in [1.54, 1.807) is 0 Å². The van der Waals surface area contributed by atoms with E-state index in [-0.39, 0.29) is 5.75 Å². The van der Waals surface area contributed by atoms with Gasteiger partial charge in [-0.3, -0.25) is 15.5 Å². The second-order valence-corrected chi connectivity index (χ2v) is 3.97. The molecular formula is C11H13N4O4S-. The Bertz CT molecular complexity index is 547. The predicted molar refractivity (Wildman–Crippen MR) is 76.1 cm³/mol. The summed E-state index contributed by atoms with van der Waals surface area (Å²) >= 11 is 4.89. The predicted octanol–water partition coefficient (Wildman–Crippen LogP) is 0.495. The maximum atomic E-state index is 11.6. The van der Waals surface area contributed by atoms with Crippen LogP contribution >= 0.6 is 12.2 Å². The molecule has 0 unspecified atom stereocenters. The van der Waals surface area contributed by atoms with E-state index in [0.717, 1.165) is 6.07 Å². The first kappa shape index (κ1) is 15.6. The minimum absolute atomic E-state index is 0.116. The summed E-state index contributed by atoms with van der Waals surface area (Å²) < 4.78 is 4.81. The van der Waals surface area contributed by atoms with Gasteiger partial charge in [0.2, 0.25) is 0 Å². The Hall–Kier alpha value is -2.42. The first-order valence-electron chi connectivity index (χ1n) is 5.60. The molecule has 0 radical (unpaired) electrons. The van der Waals surface area contributed by atoms with Crippen LogP contribution in [0.1, 0.15) is 12.5 Å². The molecule has 0 aliphatic rings. The maximum absolute atomic E-state index is 11.6. The van der Waals surface area contributed by atoms with E-state index in [0.29, 0.717) is 17.2 Å². The molecule has 1 aromatic carbocycles. The van der Waals surface area contributed by atoms with Crippen molar-refractivity contribution in [2.24, 2.45) is 5.10 Å². The van der Waals surface area contributed by atoms with Gasteiger partial charge in [0.1, 0.15) is 5.75 Å². The zero-order valence-electron chi connectivity index (χ0n) is 10.9. The lowest BCUT2D eigenvalue weighted by atomic mass is 10.2. The molecule has 0 aromatic heterocycles. The largest absolute Gasteiger partial charge is 0.865 e. The molecule has 1 aromatic rings. The third kappa shape index (κ3) is 4.05. The first-order chi connectivity index (χ1) is 9.49. The van der Waals surface area contributed by atoms with Gasteiger partial charge in [0, 0.05) is 23.9 Å². The minimum atomic E-state index is -0.772. The molecule has 8 nitrogen and oxygen atoms in total.